The zero-order valence-corrected chi connectivity index (χ0v) is 11.8. The third-order valence-corrected chi connectivity index (χ3v) is 2.33. The van der Waals surface area contributed by atoms with E-state index in [1.54, 1.807) is 6.92 Å². The van der Waals surface area contributed by atoms with E-state index in [0.717, 1.165) is 12.1 Å². The van der Waals surface area contributed by atoms with Gasteiger partial charge >= 0.3 is 6.18 Å². The van der Waals surface area contributed by atoms with Gasteiger partial charge in [-0.25, -0.2) is 0 Å². The van der Waals surface area contributed by atoms with Crippen LogP contribution in [0.5, 0.6) is 0 Å². The highest BCUT2D eigenvalue weighted by Crippen LogP contribution is 2.29. The number of rotatable bonds is 2. The number of hydrogen-bond acceptors (Lipinski definition) is 3. The van der Waals surface area contributed by atoms with Crippen LogP contribution >= 0.6 is 0 Å². The standard InChI is InChI=1S/C12H14F3N3.C2H6/c1-7(6-10(16)17)11(18)8-2-4-9(5-3-8)12(13,14)15;1-2/h2-6H,16-18H2,1H3;1-2H3/b11-7-;. The zero-order chi connectivity index (χ0) is 15.9. The first-order chi connectivity index (χ1) is 9.21. The van der Waals surface area contributed by atoms with Gasteiger partial charge in [-0.15, -0.1) is 0 Å². The van der Waals surface area contributed by atoms with Gasteiger partial charge in [-0.1, -0.05) is 26.0 Å². The molecule has 0 saturated heterocycles. The molecular formula is C14H20F3N3. The molecule has 0 aliphatic carbocycles. The largest absolute Gasteiger partial charge is 0.416 e. The lowest BCUT2D eigenvalue weighted by atomic mass is 10.1. The summed E-state index contributed by atoms with van der Waals surface area (Å²) in [6, 6.07) is 4.57. The van der Waals surface area contributed by atoms with Gasteiger partial charge in [0.2, 0.25) is 0 Å². The monoisotopic (exact) mass is 287 g/mol. The number of allylic oxidation sites excluding steroid dienone is 2. The van der Waals surface area contributed by atoms with E-state index < -0.39 is 11.7 Å². The Labute approximate surface area is 116 Å². The van der Waals surface area contributed by atoms with Crippen molar-refractivity contribution in [3.8, 4) is 0 Å². The second-order valence-corrected chi connectivity index (χ2v) is 3.82. The third-order valence-electron chi connectivity index (χ3n) is 2.33. The highest BCUT2D eigenvalue weighted by molar-refractivity contribution is 5.68. The number of benzene rings is 1. The minimum atomic E-state index is -4.35. The van der Waals surface area contributed by atoms with Gasteiger partial charge in [-0.05, 0) is 36.3 Å². The first-order valence-electron chi connectivity index (χ1n) is 6.08. The van der Waals surface area contributed by atoms with Crippen LogP contribution < -0.4 is 17.2 Å². The number of hydrogen-bond donors (Lipinski definition) is 3. The first kappa shape index (κ1) is 17.9. The number of halogens is 3. The van der Waals surface area contributed by atoms with E-state index in [4.69, 9.17) is 17.2 Å². The van der Waals surface area contributed by atoms with Crippen molar-refractivity contribution in [2.75, 3.05) is 0 Å². The molecule has 1 aromatic carbocycles. The average Bonchev–Trinajstić information content (AvgIpc) is 2.38. The van der Waals surface area contributed by atoms with Crippen molar-refractivity contribution in [2.45, 2.75) is 26.9 Å². The highest BCUT2D eigenvalue weighted by Gasteiger charge is 2.29. The summed E-state index contributed by atoms with van der Waals surface area (Å²) in [5.41, 5.74) is 17.1. The highest BCUT2D eigenvalue weighted by atomic mass is 19.4. The van der Waals surface area contributed by atoms with Crippen LogP contribution in [0.25, 0.3) is 5.70 Å². The van der Waals surface area contributed by atoms with E-state index >= 15 is 0 Å². The van der Waals surface area contributed by atoms with Crippen molar-refractivity contribution in [3.63, 3.8) is 0 Å². The van der Waals surface area contributed by atoms with Crippen LogP contribution in [0.4, 0.5) is 13.2 Å². The van der Waals surface area contributed by atoms with Crippen LogP contribution in [-0.2, 0) is 6.18 Å². The smallest absolute Gasteiger partial charge is 0.398 e. The van der Waals surface area contributed by atoms with Crippen LogP contribution in [0.2, 0.25) is 0 Å². The van der Waals surface area contributed by atoms with Crippen molar-refractivity contribution in [1.82, 2.24) is 0 Å². The molecular weight excluding hydrogens is 267 g/mol. The van der Waals surface area contributed by atoms with Crippen LogP contribution in [0.3, 0.4) is 0 Å². The number of alkyl halides is 3. The first-order valence-corrected chi connectivity index (χ1v) is 6.08. The van der Waals surface area contributed by atoms with E-state index in [2.05, 4.69) is 0 Å². The van der Waals surface area contributed by atoms with Gasteiger partial charge in [-0.2, -0.15) is 13.2 Å². The Kier molecular flexibility index (Phi) is 6.68. The Bertz CT molecular complexity index is 481. The van der Waals surface area contributed by atoms with Crippen molar-refractivity contribution < 1.29 is 13.2 Å². The molecule has 0 unspecified atom stereocenters. The van der Waals surface area contributed by atoms with Crippen LogP contribution in [-0.4, -0.2) is 0 Å². The molecule has 0 amide bonds. The SMILES string of the molecule is C/C(C=C(N)N)=C(/N)c1ccc(C(F)(F)F)cc1.CC. The van der Waals surface area contributed by atoms with Gasteiger partial charge in [0.15, 0.2) is 0 Å². The molecule has 0 saturated carbocycles. The lowest BCUT2D eigenvalue weighted by molar-refractivity contribution is -0.137. The molecule has 0 aliphatic heterocycles. The van der Waals surface area contributed by atoms with Gasteiger partial charge in [0.1, 0.15) is 0 Å². The fraction of sp³-hybridized carbons (Fsp3) is 0.286. The third kappa shape index (κ3) is 5.26. The Morgan fingerprint density at radius 3 is 1.80 bits per heavy atom. The summed E-state index contributed by atoms with van der Waals surface area (Å²) in [4.78, 5) is 0. The average molecular weight is 287 g/mol. The van der Waals surface area contributed by atoms with E-state index in [9.17, 15) is 13.2 Å². The van der Waals surface area contributed by atoms with E-state index in [0.29, 0.717) is 16.8 Å². The lowest BCUT2D eigenvalue weighted by Crippen LogP contribution is -2.09. The fourth-order valence-corrected chi connectivity index (χ4v) is 1.39. The van der Waals surface area contributed by atoms with Crippen molar-refractivity contribution >= 4 is 5.70 Å². The molecule has 0 spiro atoms. The molecule has 1 rings (SSSR count). The van der Waals surface area contributed by atoms with Crippen molar-refractivity contribution in [1.29, 1.82) is 0 Å². The molecule has 0 fully saturated rings. The second-order valence-electron chi connectivity index (χ2n) is 3.82. The minimum absolute atomic E-state index is 0.0855. The van der Waals surface area contributed by atoms with Crippen LogP contribution in [0, 0.1) is 0 Å². The van der Waals surface area contributed by atoms with Gasteiger partial charge < -0.3 is 17.2 Å². The van der Waals surface area contributed by atoms with Gasteiger partial charge in [0.05, 0.1) is 11.4 Å². The van der Waals surface area contributed by atoms with Crippen molar-refractivity contribution in [3.05, 3.63) is 52.9 Å². The molecule has 3 nitrogen and oxygen atoms in total. The summed E-state index contributed by atoms with van der Waals surface area (Å²) in [6.45, 7) is 5.67. The van der Waals surface area contributed by atoms with Gasteiger partial charge in [0.25, 0.3) is 0 Å². The predicted molar refractivity (Wildman–Crippen MR) is 76.0 cm³/mol. The Morgan fingerprint density at radius 1 is 1.00 bits per heavy atom. The molecule has 6 N–H and O–H groups in total. The summed E-state index contributed by atoms with van der Waals surface area (Å²) in [7, 11) is 0. The molecule has 0 atom stereocenters. The molecule has 0 bridgehead atoms. The van der Waals surface area contributed by atoms with E-state index in [-0.39, 0.29) is 5.82 Å². The summed E-state index contributed by atoms with van der Waals surface area (Å²) in [5.74, 6) is 0.0855. The maximum Gasteiger partial charge on any atom is 0.416 e. The maximum absolute atomic E-state index is 12.4. The summed E-state index contributed by atoms with van der Waals surface area (Å²) < 4.78 is 37.1. The van der Waals surface area contributed by atoms with Crippen molar-refractivity contribution in [2.24, 2.45) is 17.2 Å². The normalized spacial score (nSPS) is 11.9. The minimum Gasteiger partial charge on any atom is -0.398 e. The molecule has 6 heteroatoms. The molecule has 0 radical (unpaired) electrons. The molecule has 0 aromatic heterocycles. The van der Waals surface area contributed by atoms with E-state index in [1.807, 2.05) is 13.8 Å². The predicted octanol–water partition coefficient (Wildman–Crippen LogP) is 3.18. The zero-order valence-electron chi connectivity index (χ0n) is 11.8. The molecule has 1 aromatic rings. The summed E-state index contributed by atoms with van der Waals surface area (Å²) in [5, 5.41) is 0. The molecule has 20 heavy (non-hydrogen) atoms. The topological polar surface area (TPSA) is 78.1 Å². The molecule has 0 aliphatic rings. The van der Waals surface area contributed by atoms with Gasteiger partial charge in [-0.3, -0.25) is 0 Å². The molecule has 0 heterocycles. The van der Waals surface area contributed by atoms with Crippen LogP contribution in [0.1, 0.15) is 31.9 Å². The maximum atomic E-state index is 12.4. The number of nitrogens with two attached hydrogens (primary N) is 3. The summed E-state index contributed by atoms with van der Waals surface area (Å²) in [6.07, 6.45) is -2.90. The quantitative estimate of drug-likeness (QED) is 0.731. The van der Waals surface area contributed by atoms with Crippen LogP contribution in [0.15, 0.2) is 41.7 Å². The van der Waals surface area contributed by atoms with E-state index in [1.165, 1.54) is 18.2 Å². The summed E-state index contributed by atoms with van der Waals surface area (Å²) >= 11 is 0. The lowest BCUT2D eigenvalue weighted by Gasteiger charge is -2.09. The fourth-order valence-electron chi connectivity index (χ4n) is 1.39. The Hall–Kier alpha value is -2.11. The molecule has 112 valence electrons. The Morgan fingerprint density at radius 2 is 1.45 bits per heavy atom. The second kappa shape index (κ2) is 7.47. The Balaban J connectivity index is 0.00000172. The van der Waals surface area contributed by atoms with Gasteiger partial charge in [0, 0.05) is 5.70 Å².